The molecule has 1 aromatic heterocycles. The molecule has 1 aromatic carbocycles. The highest BCUT2D eigenvalue weighted by Gasteiger charge is 2.25. The Morgan fingerprint density at radius 2 is 2.14 bits per heavy atom. The number of carboxylic acids is 1. The molecule has 3 rings (SSSR count). The Morgan fingerprint density at radius 1 is 1.38 bits per heavy atom. The molecule has 0 saturated heterocycles. The summed E-state index contributed by atoms with van der Waals surface area (Å²) in [4.78, 5) is 16.5. The Hall–Kier alpha value is -1.33. The lowest BCUT2D eigenvalue weighted by atomic mass is 10.1. The molecule has 1 heterocycles. The summed E-state index contributed by atoms with van der Waals surface area (Å²) in [6.45, 7) is 0.804. The number of aliphatic carboxylic acids is 1. The molecule has 21 heavy (non-hydrogen) atoms. The highest BCUT2D eigenvalue weighted by atomic mass is 79.9. The van der Waals surface area contributed by atoms with Gasteiger partial charge in [-0.15, -0.1) is 0 Å². The zero-order valence-electron chi connectivity index (χ0n) is 11.8. The number of H-pyrrole nitrogens is 1. The van der Waals surface area contributed by atoms with Crippen LogP contribution in [0.4, 0.5) is 0 Å². The number of aromatic nitrogens is 1. The summed E-state index contributed by atoms with van der Waals surface area (Å²) in [5.41, 5.74) is 2.26. The number of hydrogen-bond acceptors (Lipinski definition) is 2. The number of hydrogen-bond donors (Lipinski definition) is 2. The van der Waals surface area contributed by atoms with E-state index < -0.39 is 5.97 Å². The lowest BCUT2D eigenvalue weighted by Gasteiger charge is -2.26. The van der Waals surface area contributed by atoms with Crippen molar-refractivity contribution in [1.82, 2.24) is 9.88 Å². The number of rotatable bonds is 5. The number of carboxylic acid groups (broad SMARTS) is 1. The third kappa shape index (κ3) is 3.30. The minimum absolute atomic E-state index is 0.116. The van der Waals surface area contributed by atoms with Crippen LogP contribution in [0.3, 0.4) is 0 Å². The molecule has 0 aliphatic heterocycles. The van der Waals surface area contributed by atoms with Crippen molar-refractivity contribution in [2.24, 2.45) is 0 Å². The fourth-order valence-corrected chi connectivity index (χ4v) is 3.62. The van der Waals surface area contributed by atoms with Crippen LogP contribution < -0.4 is 0 Å². The van der Waals surface area contributed by atoms with Gasteiger partial charge in [0.25, 0.3) is 0 Å². The second-order valence-corrected chi connectivity index (χ2v) is 6.66. The maximum atomic E-state index is 11.2. The van der Waals surface area contributed by atoms with Crippen molar-refractivity contribution in [2.45, 2.75) is 38.3 Å². The van der Waals surface area contributed by atoms with Crippen LogP contribution in [0.2, 0.25) is 0 Å². The van der Waals surface area contributed by atoms with E-state index in [1.165, 1.54) is 18.4 Å². The molecule has 1 fully saturated rings. The largest absolute Gasteiger partial charge is 0.480 e. The molecule has 4 nitrogen and oxygen atoms in total. The number of fused-ring (bicyclic) bond motifs is 1. The molecular weight excluding hydrogens is 332 g/mol. The summed E-state index contributed by atoms with van der Waals surface area (Å²) in [5, 5.41) is 10.3. The van der Waals surface area contributed by atoms with Gasteiger partial charge in [-0.05, 0) is 36.6 Å². The van der Waals surface area contributed by atoms with Crippen molar-refractivity contribution in [3.05, 3.63) is 34.4 Å². The van der Waals surface area contributed by atoms with Crippen LogP contribution in [-0.2, 0) is 11.3 Å². The maximum Gasteiger partial charge on any atom is 0.317 e. The minimum atomic E-state index is -0.747. The van der Waals surface area contributed by atoms with Crippen molar-refractivity contribution in [3.63, 3.8) is 0 Å². The van der Waals surface area contributed by atoms with E-state index in [1.807, 2.05) is 18.3 Å². The van der Waals surface area contributed by atoms with Crippen LogP contribution in [0.1, 0.15) is 31.2 Å². The first-order valence-electron chi connectivity index (χ1n) is 7.35. The van der Waals surface area contributed by atoms with Crippen molar-refractivity contribution in [3.8, 4) is 0 Å². The predicted octanol–water partition coefficient (Wildman–Crippen LogP) is 3.76. The van der Waals surface area contributed by atoms with Crippen LogP contribution >= 0.6 is 15.9 Å². The van der Waals surface area contributed by atoms with Gasteiger partial charge in [-0.3, -0.25) is 9.69 Å². The smallest absolute Gasteiger partial charge is 0.317 e. The Morgan fingerprint density at radius 3 is 2.86 bits per heavy atom. The average Bonchev–Trinajstić information content (AvgIpc) is 3.07. The summed E-state index contributed by atoms with van der Waals surface area (Å²) in [6.07, 6.45) is 6.64. The summed E-state index contributed by atoms with van der Waals surface area (Å²) in [5.74, 6) is -0.747. The molecule has 112 valence electrons. The van der Waals surface area contributed by atoms with Gasteiger partial charge in [-0.2, -0.15) is 0 Å². The number of nitrogens with zero attached hydrogens (tertiary/aromatic N) is 1. The van der Waals surface area contributed by atoms with E-state index in [-0.39, 0.29) is 6.54 Å². The van der Waals surface area contributed by atoms with E-state index in [0.717, 1.165) is 28.2 Å². The standard InChI is InChI=1S/C16H19BrN2O2/c17-12-5-6-15-14(7-12)11(8-18-15)9-19(10-16(20)21)13-3-1-2-4-13/h5-8,13,18H,1-4,9-10H2,(H,20,21). The predicted molar refractivity (Wildman–Crippen MR) is 86.3 cm³/mol. The molecule has 0 unspecified atom stereocenters. The number of aromatic amines is 1. The first-order valence-corrected chi connectivity index (χ1v) is 8.14. The third-order valence-electron chi connectivity index (χ3n) is 4.28. The Kier molecular flexibility index (Phi) is 4.31. The number of benzene rings is 1. The van der Waals surface area contributed by atoms with Crippen molar-refractivity contribution >= 4 is 32.8 Å². The van der Waals surface area contributed by atoms with Gasteiger partial charge in [-0.1, -0.05) is 28.8 Å². The second-order valence-electron chi connectivity index (χ2n) is 5.74. The summed E-state index contributed by atoms with van der Waals surface area (Å²) >= 11 is 3.50. The summed E-state index contributed by atoms with van der Waals surface area (Å²) in [6, 6.07) is 6.54. The lowest BCUT2D eigenvalue weighted by Crippen LogP contribution is -2.36. The van der Waals surface area contributed by atoms with Gasteiger partial charge in [-0.25, -0.2) is 0 Å². The van der Waals surface area contributed by atoms with Crippen LogP contribution in [0.15, 0.2) is 28.9 Å². The zero-order valence-corrected chi connectivity index (χ0v) is 13.4. The molecule has 1 aliphatic rings. The van der Waals surface area contributed by atoms with Gasteiger partial charge < -0.3 is 10.1 Å². The monoisotopic (exact) mass is 350 g/mol. The van der Waals surface area contributed by atoms with Crippen molar-refractivity contribution in [1.29, 1.82) is 0 Å². The van der Waals surface area contributed by atoms with E-state index >= 15 is 0 Å². The minimum Gasteiger partial charge on any atom is -0.480 e. The van der Waals surface area contributed by atoms with E-state index in [4.69, 9.17) is 0 Å². The Balaban J connectivity index is 1.86. The van der Waals surface area contributed by atoms with E-state index in [0.29, 0.717) is 12.6 Å². The molecular formula is C16H19BrN2O2. The molecule has 2 N–H and O–H groups in total. The molecule has 0 atom stereocenters. The molecule has 1 saturated carbocycles. The second kappa shape index (κ2) is 6.20. The molecule has 0 radical (unpaired) electrons. The molecule has 2 aromatic rings. The van der Waals surface area contributed by atoms with Crippen LogP contribution in [-0.4, -0.2) is 33.5 Å². The van der Waals surface area contributed by atoms with Crippen LogP contribution in [0, 0.1) is 0 Å². The van der Waals surface area contributed by atoms with E-state index in [2.05, 4.69) is 31.9 Å². The quantitative estimate of drug-likeness (QED) is 0.862. The third-order valence-corrected chi connectivity index (χ3v) is 4.78. The molecule has 0 spiro atoms. The van der Waals surface area contributed by atoms with Gasteiger partial charge in [0.2, 0.25) is 0 Å². The van der Waals surface area contributed by atoms with Gasteiger partial charge in [0.05, 0.1) is 6.54 Å². The first-order chi connectivity index (χ1) is 10.1. The van der Waals surface area contributed by atoms with Gasteiger partial charge in [0.15, 0.2) is 0 Å². The van der Waals surface area contributed by atoms with Crippen molar-refractivity contribution < 1.29 is 9.90 Å². The zero-order chi connectivity index (χ0) is 14.8. The Bertz CT molecular complexity index is 647. The molecule has 0 bridgehead atoms. The molecule has 0 amide bonds. The number of halogens is 1. The normalized spacial score (nSPS) is 16.1. The number of carbonyl (C=O) groups is 1. The van der Waals surface area contributed by atoms with Crippen molar-refractivity contribution in [2.75, 3.05) is 6.54 Å². The van der Waals surface area contributed by atoms with Gasteiger partial charge in [0.1, 0.15) is 0 Å². The van der Waals surface area contributed by atoms with E-state index in [1.54, 1.807) is 0 Å². The summed E-state index contributed by atoms with van der Waals surface area (Å²) in [7, 11) is 0. The van der Waals surface area contributed by atoms with Gasteiger partial charge in [0, 0.05) is 34.2 Å². The molecule has 5 heteroatoms. The SMILES string of the molecule is O=C(O)CN(Cc1c[nH]c2ccc(Br)cc12)C1CCCC1. The fourth-order valence-electron chi connectivity index (χ4n) is 3.26. The summed E-state index contributed by atoms with van der Waals surface area (Å²) < 4.78 is 1.04. The lowest BCUT2D eigenvalue weighted by molar-refractivity contribution is -0.139. The number of nitrogens with one attached hydrogen (secondary N) is 1. The highest BCUT2D eigenvalue weighted by Crippen LogP contribution is 2.28. The van der Waals surface area contributed by atoms with Crippen LogP contribution in [0.5, 0.6) is 0 Å². The highest BCUT2D eigenvalue weighted by molar-refractivity contribution is 9.10. The molecule has 1 aliphatic carbocycles. The fraction of sp³-hybridized carbons (Fsp3) is 0.438. The van der Waals surface area contributed by atoms with Crippen LogP contribution in [0.25, 0.3) is 10.9 Å². The first kappa shape index (κ1) is 14.6. The Labute approximate surface area is 132 Å². The topological polar surface area (TPSA) is 56.3 Å². The van der Waals surface area contributed by atoms with E-state index in [9.17, 15) is 9.90 Å². The van der Waals surface area contributed by atoms with Gasteiger partial charge >= 0.3 is 5.97 Å². The maximum absolute atomic E-state index is 11.2. The average molecular weight is 351 g/mol.